The van der Waals surface area contributed by atoms with Gasteiger partial charge in [-0.15, -0.1) is 0 Å². The average Bonchev–Trinajstić information content (AvgIpc) is 1.68. The zero-order valence-electron chi connectivity index (χ0n) is 5.28. The van der Waals surface area contributed by atoms with E-state index in [9.17, 15) is 0 Å². The van der Waals surface area contributed by atoms with Gasteiger partial charge in [0.2, 0.25) is 0 Å². The quantitative estimate of drug-likeness (QED) is 0.544. The maximum atomic E-state index is 3.11. The minimum Gasteiger partial charge on any atom is -0.296 e. The lowest BCUT2D eigenvalue weighted by atomic mass is 10.0. The minimum atomic E-state index is 0.296. The van der Waals surface area contributed by atoms with Gasteiger partial charge in [-0.05, 0) is 20.3 Å². The fourth-order valence-corrected chi connectivity index (χ4v) is 0.306. The molecular formula is C5H14NP. The third-order valence-corrected chi connectivity index (χ3v) is 2.06. The molecular weight excluding hydrogens is 105 g/mol. The highest BCUT2D eigenvalue weighted by Crippen LogP contribution is 2.07. The van der Waals surface area contributed by atoms with Crippen molar-refractivity contribution in [3.8, 4) is 0 Å². The van der Waals surface area contributed by atoms with E-state index >= 15 is 0 Å². The molecule has 44 valence electrons. The van der Waals surface area contributed by atoms with E-state index in [1.807, 2.05) is 0 Å². The summed E-state index contributed by atoms with van der Waals surface area (Å²) >= 11 is 0. The second-order valence-electron chi connectivity index (χ2n) is 2.38. The Morgan fingerprint density at radius 1 is 1.57 bits per heavy atom. The monoisotopic (exact) mass is 119 g/mol. The van der Waals surface area contributed by atoms with Crippen LogP contribution < -0.4 is 5.09 Å². The Balaban J connectivity index is 3.36. The summed E-state index contributed by atoms with van der Waals surface area (Å²) in [5.74, 6) is 0. The first-order valence-electron chi connectivity index (χ1n) is 2.60. The van der Waals surface area contributed by atoms with Crippen LogP contribution in [0.4, 0.5) is 0 Å². The zero-order valence-corrected chi connectivity index (χ0v) is 6.44. The SMILES string of the molecule is CCC(C)(C)NP. The molecule has 0 aromatic carbocycles. The lowest BCUT2D eigenvalue weighted by Crippen LogP contribution is -2.30. The summed E-state index contributed by atoms with van der Waals surface area (Å²) in [6.07, 6.45) is 1.16. The van der Waals surface area contributed by atoms with Crippen LogP contribution in [0.2, 0.25) is 0 Å². The van der Waals surface area contributed by atoms with Gasteiger partial charge in [0.15, 0.2) is 0 Å². The Kier molecular flexibility index (Phi) is 2.78. The molecule has 0 heterocycles. The Morgan fingerprint density at radius 2 is 2.00 bits per heavy atom. The molecule has 7 heavy (non-hydrogen) atoms. The van der Waals surface area contributed by atoms with E-state index < -0.39 is 0 Å². The highest BCUT2D eigenvalue weighted by Gasteiger charge is 2.08. The fourth-order valence-electron chi connectivity index (χ4n) is 0.102. The summed E-state index contributed by atoms with van der Waals surface area (Å²) in [5.41, 5.74) is 0.296. The topological polar surface area (TPSA) is 12.0 Å². The first-order valence-corrected chi connectivity index (χ1v) is 3.18. The van der Waals surface area contributed by atoms with E-state index in [2.05, 4.69) is 35.2 Å². The van der Waals surface area contributed by atoms with Gasteiger partial charge in [-0.2, -0.15) is 0 Å². The molecule has 0 aromatic heterocycles. The van der Waals surface area contributed by atoms with Gasteiger partial charge in [0, 0.05) is 5.54 Å². The van der Waals surface area contributed by atoms with Gasteiger partial charge in [0.1, 0.15) is 0 Å². The molecule has 1 N–H and O–H groups in total. The summed E-state index contributed by atoms with van der Waals surface area (Å²) in [7, 11) is 2.52. The van der Waals surface area contributed by atoms with Gasteiger partial charge in [-0.1, -0.05) is 16.3 Å². The number of hydrogen-bond donors (Lipinski definition) is 1. The predicted octanol–water partition coefficient (Wildman–Crippen LogP) is 1.55. The first-order chi connectivity index (χ1) is 3.12. The van der Waals surface area contributed by atoms with Gasteiger partial charge in [0.25, 0.3) is 0 Å². The van der Waals surface area contributed by atoms with Crippen molar-refractivity contribution in [3.05, 3.63) is 0 Å². The maximum Gasteiger partial charge on any atom is 0.0154 e. The zero-order chi connectivity index (χ0) is 5.91. The first kappa shape index (κ1) is 7.39. The second kappa shape index (κ2) is 2.64. The van der Waals surface area contributed by atoms with Gasteiger partial charge >= 0.3 is 0 Å². The van der Waals surface area contributed by atoms with Crippen LogP contribution in [0.3, 0.4) is 0 Å². The van der Waals surface area contributed by atoms with Gasteiger partial charge in [-0.25, -0.2) is 0 Å². The molecule has 0 saturated carbocycles. The number of rotatable bonds is 2. The normalized spacial score (nSPS) is 12.0. The lowest BCUT2D eigenvalue weighted by Gasteiger charge is -2.20. The molecule has 2 heteroatoms. The molecule has 0 amide bonds. The standard InChI is InChI=1S/C5H14NP/c1-4-5(2,3)6-7/h6H,4,7H2,1-3H3. The Morgan fingerprint density at radius 3 is 2.00 bits per heavy atom. The van der Waals surface area contributed by atoms with E-state index in [4.69, 9.17) is 0 Å². The van der Waals surface area contributed by atoms with Crippen LogP contribution in [0.25, 0.3) is 0 Å². The molecule has 0 aliphatic heterocycles. The van der Waals surface area contributed by atoms with Crippen LogP contribution in [0, 0.1) is 0 Å². The average molecular weight is 119 g/mol. The van der Waals surface area contributed by atoms with Crippen molar-refractivity contribution in [2.24, 2.45) is 0 Å². The smallest absolute Gasteiger partial charge is 0.0154 e. The van der Waals surface area contributed by atoms with Crippen molar-refractivity contribution in [1.82, 2.24) is 5.09 Å². The van der Waals surface area contributed by atoms with Gasteiger partial charge < -0.3 is 0 Å². The van der Waals surface area contributed by atoms with Crippen molar-refractivity contribution >= 4 is 9.39 Å². The Hall–Kier alpha value is 0.390. The van der Waals surface area contributed by atoms with E-state index in [0.29, 0.717) is 5.54 Å². The molecule has 0 aliphatic carbocycles. The molecule has 1 atom stereocenters. The van der Waals surface area contributed by atoms with Crippen molar-refractivity contribution < 1.29 is 0 Å². The third kappa shape index (κ3) is 3.02. The van der Waals surface area contributed by atoms with E-state index in [-0.39, 0.29) is 0 Å². The van der Waals surface area contributed by atoms with Gasteiger partial charge in [-0.3, -0.25) is 5.09 Å². The van der Waals surface area contributed by atoms with E-state index in [1.54, 1.807) is 0 Å². The molecule has 0 saturated heterocycles. The molecule has 0 rings (SSSR count). The van der Waals surface area contributed by atoms with Crippen molar-refractivity contribution in [2.45, 2.75) is 32.7 Å². The van der Waals surface area contributed by atoms with Crippen LogP contribution in [-0.2, 0) is 0 Å². The van der Waals surface area contributed by atoms with E-state index in [0.717, 1.165) is 6.42 Å². The molecule has 0 radical (unpaired) electrons. The summed E-state index contributed by atoms with van der Waals surface area (Å²) in [6, 6.07) is 0. The van der Waals surface area contributed by atoms with Crippen LogP contribution >= 0.6 is 9.39 Å². The van der Waals surface area contributed by atoms with Crippen molar-refractivity contribution in [3.63, 3.8) is 0 Å². The van der Waals surface area contributed by atoms with Crippen LogP contribution in [0.5, 0.6) is 0 Å². The Bertz CT molecular complexity index is 46.0. The highest BCUT2D eigenvalue weighted by molar-refractivity contribution is 7.13. The molecule has 0 aliphatic rings. The summed E-state index contributed by atoms with van der Waals surface area (Å²) in [5, 5.41) is 3.11. The molecule has 0 bridgehead atoms. The molecule has 0 fully saturated rings. The summed E-state index contributed by atoms with van der Waals surface area (Å²) < 4.78 is 0. The van der Waals surface area contributed by atoms with E-state index in [1.165, 1.54) is 0 Å². The fraction of sp³-hybridized carbons (Fsp3) is 1.00. The lowest BCUT2D eigenvalue weighted by molar-refractivity contribution is 0.464. The maximum absolute atomic E-state index is 3.11. The molecule has 1 nitrogen and oxygen atoms in total. The molecule has 0 spiro atoms. The largest absolute Gasteiger partial charge is 0.296 e. The summed E-state index contributed by atoms with van der Waals surface area (Å²) in [4.78, 5) is 0. The second-order valence-corrected chi connectivity index (χ2v) is 2.67. The van der Waals surface area contributed by atoms with Crippen molar-refractivity contribution in [1.29, 1.82) is 0 Å². The number of nitrogens with one attached hydrogen (secondary N) is 1. The minimum absolute atomic E-state index is 0.296. The molecule has 1 unspecified atom stereocenters. The van der Waals surface area contributed by atoms with Crippen molar-refractivity contribution in [2.75, 3.05) is 0 Å². The summed E-state index contributed by atoms with van der Waals surface area (Å²) in [6.45, 7) is 6.50. The highest BCUT2D eigenvalue weighted by atomic mass is 31.0. The van der Waals surface area contributed by atoms with Crippen LogP contribution in [-0.4, -0.2) is 5.54 Å². The molecule has 0 aromatic rings. The van der Waals surface area contributed by atoms with Crippen LogP contribution in [0.15, 0.2) is 0 Å². The number of hydrogen-bond acceptors (Lipinski definition) is 1. The third-order valence-electron chi connectivity index (χ3n) is 1.27. The predicted molar refractivity (Wildman–Crippen MR) is 37.2 cm³/mol. The van der Waals surface area contributed by atoms with Crippen LogP contribution in [0.1, 0.15) is 27.2 Å². The van der Waals surface area contributed by atoms with Gasteiger partial charge in [0.05, 0.1) is 0 Å². The Labute approximate surface area is 48.1 Å².